The molecule has 0 spiro atoms. The van der Waals surface area contributed by atoms with E-state index in [0.29, 0.717) is 17.3 Å². The number of alkyl halides is 3. The molecule has 182 valence electrons. The third-order valence-electron chi connectivity index (χ3n) is 5.32. The van der Waals surface area contributed by atoms with Crippen molar-refractivity contribution in [1.82, 2.24) is 0 Å². The number of nitrogens with two attached hydrogens (primary N) is 1. The Labute approximate surface area is 201 Å². The van der Waals surface area contributed by atoms with Crippen LogP contribution >= 0.6 is 11.8 Å². The first kappa shape index (κ1) is 26.1. The van der Waals surface area contributed by atoms with Gasteiger partial charge >= 0.3 is 6.18 Å². The molecule has 2 unspecified atom stereocenters. The van der Waals surface area contributed by atoms with Crippen LogP contribution in [0.3, 0.4) is 0 Å². The molecule has 3 aromatic carbocycles. The summed E-state index contributed by atoms with van der Waals surface area (Å²) in [6.07, 6.45) is -5.68. The molecular weight excluding hydrogens is 463 g/mol. The zero-order valence-electron chi connectivity index (χ0n) is 18.8. The number of aliphatic hydroxyl groups is 2. The molecule has 8 heteroatoms. The van der Waals surface area contributed by atoms with Crippen LogP contribution in [0.2, 0.25) is 0 Å². The molecule has 3 rings (SSSR count). The van der Waals surface area contributed by atoms with Gasteiger partial charge in [0.05, 0.1) is 11.7 Å². The van der Waals surface area contributed by atoms with Gasteiger partial charge in [0.1, 0.15) is 12.4 Å². The fourth-order valence-electron chi connectivity index (χ4n) is 3.67. The highest BCUT2D eigenvalue weighted by Crippen LogP contribution is 2.41. The predicted molar refractivity (Wildman–Crippen MR) is 127 cm³/mol. The molecule has 0 aliphatic rings. The molecule has 0 aliphatic carbocycles. The standard InChI is InChI=1S/C26H28F3NO3S/c1-25(30,16-19(32)12-13-31)23-11-10-22(15-24(23)26(27,28)29)34-21-9-5-8-20(14-21)33-17-18-6-3-2-4-7-18/h2-11,14-15,19,31-32H,12-13,16-17,30H2,1H3. The second kappa shape index (κ2) is 11.3. The van der Waals surface area contributed by atoms with E-state index in [2.05, 4.69) is 0 Å². The van der Waals surface area contributed by atoms with Crippen LogP contribution in [0.25, 0.3) is 0 Å². The fourth-order valence-corrected chi connectivity index (χ4v) is 4.58. The van der Waals surface area contributed by atoms with Crippen molar-refractivity contribution in [1.29, 1.82) is 0 Å². The van der Waals surface area contributed by atoms with Gasteiger partial charge in [-0.25, -0.2) is 0 Å². The Morgan fingerprint density at radius 1 is 0.941 bits per heavy atom. The van der Waals surface area contributed by atoms with Crippen molar-refractivity contribution < 1.29 is 28.1 Å². The highest BCUT2D eigenvalue weighted by Gasteiger charge is 2.39. The van der Waals surface area contributed by atoms with Gasteiger partial charge in [0.25, 0.3) is 0 Å². The van der Waals surface area contributed by atoms with E-state index in [4.69, 9.17) is 15.6 Å². The van der Waals surface area contributed by atoms with Crippen molar-refractivity contribution in [3.63, 3.8) is 0 Å². The third-order valence-corrected chi connectivity index (χ3v) is 6.30. The molecule has 0 saturated heterocycles. The van der Waals surface area contributed by atoms with E-state index in [1.807, 2.05) is 30.3 Å². The van der Waals surface area contributed by atoms with E-state index < -0.39 is 23.4 Å². The maximum Gasteiger partial charge on any atom is 0.416 e. The van der Waals surface area contributed by atoms with Gasteiger partial charge in [0.15, 0.2) is 0 Å². The van der Waals surface area contributed by atoms with Crippen LogP contribution in [0.4, 0.5) is 13.2 Å². The third kappa shape index (κ3) is 7.24. The molecular formula is C26H28F3NO3S. The Hall–Kier alpha value is -2.52. The maximum atomic E-state index is 13.9. The SMILES string of the molecule is CC(N)(CC(O)CCO)c1ccc(Sc2cccc(OCc3ccccc3)c2)cc1C(F)(F)F. The van der Waals surface area contributed by atoms with E-state index in [-0.39, 0.29) is 25.0 Å². The minimum absolute atomic E-state index is 0.0464. The average molecular weight is 492 g/mol. The molecule has 34 heavy (non-hydrogen) atoms. The summed E-state index contributed by atoms with van der Waals surface area (Å²) >= 11 is 1.19. The second-order valence-corrected chi connectivity index (χ2v) is 9.49. The first-order valence-corrected chi connectivity index (χ1v) is 11.6. The monoisotopic (exact) mass is 491 g/mol. The minimum Gasteiger partial charge on any atom is -0.489 e. The van der Waals surface area contributed by atoms with Crippen molar-refractivity contribution in [3.05, 3.63) is 89.5 Å². The van der Waals surface area contributed by atoms with Gasteiger partial charge in [-0.15, -0.1) is 0 Å². The molecule has 0 aliphatic heterocycles. The lowest BCUT2D eigenvalue weighted by Crippen LogP contribution is -2.39. The normalized spacial score (nSPS) is 14.4. The van der Waals surface area contributed by atoms with Crippen LogP contribution in [-0.2, 0) is 18.3 Å². The Bertz CT molecular complexity index is 1070. The zero-order chi connectivity index (χ0) is 24.8. The molecule has 0 bridgehead atoms. The number of aliphatic hydroxyl groups excluding tert-OH is 2. The van der Waals surface area contributed by atoms with Crippen molar-refractivity contribution in [2.75, 3.05) is 6.61 Å². The largest absolute Gasteiger partial charge is 0.489 e. The smallest absolute Gasteiger partial charge is 0.416 e. The van der Waals surface area contributed by atoms with E-state index in [9.17, 15) is 18.3 Å². The van der Waals surface area contributed by atoms with Crippen molar-refractivity contribution in [3.8, 4) is 5.75 Å². The number of rotatable bonds is 10. The molecule has 4 nitrogen and oxygen atoms in total. The predicted octanol–water partition coefficient (Wildman–Crippen LogP) is 5.74. The lowest BCUT2D eigenvalue weighted by Gasteiger charge is -2.30. The number of benzene rings is 3. The van der Waals surface area contributed by atoms with Gasteiger partial charge in [0.2, 0.25) is 0 Å². The highest BCUT2D eigenvalue weighted by atomic mass is 32.2. The fraction of sp³-hybridized carbons (Fsp3) is 0.308. The Morgan fingerprint density at radius 3 is 2.32 bits per heavy atom. The molecule has 4 N–H and O–H groups in total. The van der Waals surface area contributed by atoms with E-state index >= 15 is 0 Å². The van der Waals surface area contributed by atoms with Crippen LogP contribution in [0.5, 0.6) is 5.75 Å². The molecule has 3 aromatic rings. The first-order valence-electron chi connectivity index (χ1n) is 10.8. The molecule has 2 atom stereocenters. The topological polar surface area (TPSA) is 75.7 Å². The Balaban J connectivity index is 1.80. The molecule has 0 radical (unpaired) electrons. The second-order valence-electron chi connectivity index (χ2n) is 8.34. The minimum atomic E-state index is -4.62. The van der Waals surface area contributed by atoms with E-state index in [0.717, 1.165) is 16.5 Å². The summed E-state index contributed by atoms with van der Waals surface area (Å²) in [5, 5.41) is 19.0. The van der Waals surface area contributed by atoms with Gasteiger partial charge in [0, 0.05) is 21.9 Å². The average Bonchev–Trinajstić information content (AvgIpc) is 2.78. The van der Waals surface area contributed by atoms with Gasteiger partial charge in [-0.1, -0.05) is 54.2 Å². The Morgan fingerprint density at radius 2 is 1.65 bits per heavy atom. The molecule has 0 saturated carbocycles. The molecule has 0 heterocycles. The maximum absolute atomic E-state index is 13.9. The highest BCUT2D eigenvalue weighted by molar-refractivity contribution is 7.99. The van der Waals surface area contributed by atoms with Gasteiger partial charge in [-0.05, 0) is 61.2 Å². The zero-order valence-corrected chi connectivity index (χ0v) is 19.6. The summed E-state index contributed by atoms with van der Waals surface area (Å²) in [5.74, 6) is 0.619. The molecule has 0 amide bonds. The van der Waals surface area contributed by atoms with Crippen LogP contribution in [0, 0.1) is 0 Å². The van der Waals surface area contributed by atoms with Crippen LogP contribution < -0.4 is 10.5 Å². The number of ether oxygens (including phenoxy) is 1. The summed E-state index contributed by atoms with van der Waals surface area (Å²) < 4.78 is 47.6. The van der Waals surface area contributed by atoms with E-state index in [1.54, 1.807) is 30.3 Å². The summed E-state index contributed by atoms with van der Waals surface area (Å²) in [5.41, 5.74) is 4.86. The summed E-state index contributed by atoms with van der Waals surface area (Å²) in [7, 11) is 0. The number of hydrogen-bond acceptors (Lipinski definition) is 5. The molecule has 0 fully saturated rings. The quantitative estimate of drug-likeness (QED) is 0.337. The lowest BCUT2D eigenvalue weighted by molar-refractivity contribution is -0.139. The van der Waals surface area contributed by atoms with Crippen molar-refractivity contribution in [2.45, 2.75) is 54.0 Å². The van der Waals surface area contributed by atoms with Gasteiger partial charge < -0.3 is 20.7 Å². The lowest BCUT2D eigenvalue weighted by atomic mass is 9.83. The summed E-state index contributed by atoms with van der Waals surface area (Å²) in [6, 6.07) is 20.9. The van der Waals surface area contributed by atoms with Crippen molar-refractivity contribution >= 4 is 11.8 Å². The van der Waals surface area contributed by atoms with Crippen molar-refractivity contribution in [2.24, 2.45) is 5.73 Å². The summed E-state index contributed by atoms with van der Waals surface area (Å²) in [6.45, 7) is 1.57. The van der Waals surface area contributed by atoms with Gasteiger partial charge in [-0.2, -0.15) is 13.2 Å². The summed E-state index contributed by atoms with van der Waals surface area (Å²) in [4.78, 5) is 1.14. The number of hydrogen-bond donors (Lipinski definition) is 3. The Kier molecular flexibility index (Phi) is 8.65. The molecule has 0 aromatic heterocycles. The number of halogens is 3. The van der Waals surface area contributed by atoms with E-state index in [1.165, 1.54) is 24.8 Å². The first-order chi connectivity index (χ1) is 16.1. The van der Waals surface area contributed by atoms with Gasteiger partial charge in [-0.3, -0.25) is 0 Å². The van der Waals surface area contributed by atoms with Crippen LogP contribution in [0.1, 0.15) is 36.5 Å². The van der Waals surface area contributed by atoms with Crippen LogP contribution in [0.15, 0.2) is 82.6 Å². The van der Waals surface area contributed by atoms with Crippen LogP contribution in [-0.4, -0.2) is 22.9 Å².